The van der Waals surface area contributed by atoms with Crippen LogP contribution < -0.4 is 5.32 Å². The van der Waals surface area contributed by atoms with Crippen LogP contribution >= 0.6 is 0 Å². The quantitative estimate of drug-likeness (QED) is 0.601. The molecule has 21 heavy (non-hydrogen) atoms. The summed E-state index contributed by atoms with van der Waals surface area (Å²) in [7, 11) is 0. The second-order valence-corrected chi connectivity index (χ2v) is 5.23. The molecule has 1 aromatic carbocycles. The van der Waals surface area contributed by atoms with Gasteiger partial charge in [-0.1, -0.05) is 6.07 Å². The monoisotopic (exact) mass is 295 g/mol. The van der Waals surface area contributed by atoms with Crippen LogP contribution in [0, 0.1) is 17.0 Å². The van der Waals surface area contributed by atoms with E-state index in [0.29, 0.717) is 25.4 Å². The molecular weight excluding hydrogens is 274 g/mol. The van der Waals surface area contributed by atoms with E-state index in [1.165, 1.54) is 6.07 Å². The van der Waals surface area contributed by atoms with Crippen molar-refractivity contribution in [1.29, 1.82) is 0 Å². The largest absolute Gasteiger partial charge is 0.390 e. The Labute approximate surface area is 123 Å². The van der Waals surface area contributed by atoms with Gasteiger partial charge in [-0.05, 0) is 18.6 Å². The first kappa shape index (κ1) is 15.7. The molecule has 0 aromatic heterocycles. The Morgan fingerprint density at radius 3 is 2.86 bits per heavy atom. The average molecular weight is 295 g/mol. The van der Waals surface area contributed by atoms with Crippen LogP contribution in [0.5, 0.6) is 0 Å². The van der Waals surface area contributed by atoms with E-state index in [4.69, 9.17) is 4.74 Å². The zero-order valence-electron chi connectivity index (χ0n) is 12.1. The molecule has 2 N–H and O–H groups in total. The molecule has 1 fully saturated rings. The lowest BCUT2D eigenvalue weighted by molar-refractivity contribution is -0.384. The van der Waals surface area contributed by atoms with Gasteiger partial charge in [-0.25, -0.2) is 0 Å². The number of nitro groups is 1. The summed E-state index contributed by atoms with van der Waals surface area (Å²) in [6.45, 7) is 5.61. The molecule has 2 rings (SSSR count). The summed E-state index contributed by atoms with van der Waals surface area (Å²) in [4.78, 5) is 12.7. The molecule has 1 atom stereocenters. The maximum absolute atomic E-state index is 11.0. The number of β-amino-alcohol motifs (C(OH)–C–C–N with tert-alkyl or cyclic N) is 1. The second-order valence-electron chi connectivity index (χ2n) is 5.23. The van der Waals surface area contributed by atoms with Gasteiger partial charge in [0, 0.05) is 32.2 Å². The Kier molecular flexibility index (Phi) is 5.49. The first-order valence-electron chi connectivity index (χ1n) is 7.03. The highest BCUT2D eigenvalue weighted by atomic mass is 16.6. The van der Waals surface area contributed by atoms with Crippen molar-refractivity contribution in [1.82, 2.24) is 4.90 Å². The molecule has 0 saturated carbocycles. The van der Waals surface area contributed by atoms with Gasteiger partial charge in [0.15, 0.2) is 0 Å². The van der Waals surface area contributed by atoms with Gasteiger partial charge >= 0.3 is 0 Å². The summed E-state index contributed by atoms with van der Waals surface area (Å²) in [5, 5.41) is 24.0. The molecular formula is C14H21N3O4. The van der Waals surface area contributed by atoms with Gasteiger partial charge in [-0.15, -0.1) is 0 Å². The maximum Gasteiger partial charge on any atom is 0.292 e. The average Bonchev–Trinajstić information content (AvgIpc) is 2.47. The van der Waals surface area contributed by atoms with Gasteiger partial charge in [-0.2, -0.15) is 0 Å². The number of ether oxygens (including phenoxy) is 1. The van der Waals surface area contributed by atoms with E-state index in [9.17, 15) is 15.2 Å². The maximum atomic E-state index is 11.0. The van der Waals surface area contributed by atoms with E-state index in [0.717, 1.165) is 18.7 Å². The first-order valence-corrected chi connectivity index (χ1v) is 7.03. The topological polar surface area (TPSA) is 87.9 Å². The summed E-state index contributed by atoms with van der Waals surface area (Å²) in [6, 6.07) is 5.01. The van der Waals surface area contributed by atoms with E-state index in [1.807, 2.05) is 13.0 Å². The first-order chi connectivity index (χ1) is 10.1. The van der Waals surface area contributed by atoms with E-state index in [1.54, 1.807) is 6.07 Å². The zero-order chi connectivity index (χ0) is 15.2. The summed E-state index contributed by atoms with van der Waals surface area (Å²) < 4.78 is 5.25. The zero-order valence-corrected chi connectivity index (χ0v) is 12.1. The van der Waals surface area contributed by atoms with Crippen LogP contribution in [-0.4, -0.2) is 60.4 Å². The van der Waals surface area contributed by atoms with Crippen molar-refractivity contribution < 1.29 is 14.8 Å². The molecule has 1 aromatic rings. The van der Waals surface area contributed by atoms with Crippen LogP contribution in [0.1, 0.15) is 5.56 Å². The molecule has 116 valence electrons. The van der Waals surface area contributed by atoms with Crippen LogP contribution in [0.25, 0.3) is 0 Å². The summed E-state index contributed by atoms with van der Waals surface area (Å²) >= 11 is 0. The van der Waals surface area contributed by atoms with E-state index in [2.05, 4.69) is 10.2 Å². The summed E-state index contributed by atoms with van der Waals surface area (Å²) in [6.07, 6.45) is -0.580. The molecule has 0 amide bonds. The number of aryl methyl sites for hydroxylation is 1. The number of nitro benzene ring substituents is 1. The number of hydrogen-bond acceptors (Lipinski definition) is 6. The molecule has 0 unspecified atom stereocenters. The smallest absolute Gasteiger partial charge is 0.292 e. The van der Waals surface area contributed by atoms with Crippen LogP contribution in [-0.2, 0) is 4.74 Å². The molecule has 0 bridgehead atoms. The Bertz CT molecular complexity index is 489. The number of nitrogens with zero attached hydrogens (tertiary/aromatic N) is 2. The van der Waals surface area contributed by atoms with Crippen molar-refractivity contribution in [2.75, 3.05) is 44.7 Å². The summed E-state index contributed by atoms with van der Waals surface area (Å²) in [5.74, 6) is 0. The fraction of sp³-hybridized carbons (Fsp3) is 0.571. The van der Waals surface area contributed by atoms with Gasteiger partial charge in [0.05, 0.1) is 24.2 Å². The molecule has 1 saturated heterocycles. The number of hydrogen-bond donors (Lipinski definition) is 2. The molecule has 0 aliphatic carbocycles. The summed E-state index contributed by atoms with van der Waals surface area (Å²) in [5.41, 5.74) is 1.31. The lowest BCUT2D eigenvalue weighted by atomic mass is 10.2. The number of anilines is 1. The number of morpholine rings is 1. The highest BCUT2D eigenvalue weighted by Crippen LogP contribution is 2.25. The minimum Gasteiger partial charge on any atom is -0.390 e. The molecule has 1 aliphatic heterocycles. The highest BCUT2D eigenvalue weighted by molar-refractivity contribution is 5.62. The predicted octanol–water partition coefficient (Wildman–Crippen LogP) is 1.01. The van der Waals surface area contributed by atoms with Gasteiger partial charge < -0.3 is 15.2 Å². The van der Waals surface area contributed by atoms with Crippen LogP contribution in [0.3, 0.4) is 0 Å². The third-order valence-corrected chi connectivity index (χ3v) is 3.45. The molecule has 7 heteroatoms. The Morgan fingerprint density at radius 2 is 2.19 bits per heavy atom. The van der Waals surface area contributed by atoms with Crippen molar-refractivity contribution in [2.24, 2.45) is 0 Å². The molecule has 1 heterocycles. The SMILES string of the molecule is Cc1ccc(NC[C@@H](O)CN2CCOCC2)c([N+](=O)[O-])c1. The van der Waals surface area contributed by atoms with Gasteiger partial charge in [0.25, 0.3) is 5.69 Å². The minimum atomic E-state index is -0.580. The Hall–Kier alpha value is -1.70. The number of benzene rings is 1. The van der Waals surface area contributed by atoms with Crippen molar-refractivity contribution in [2.45, 2.75) is 13.0 Å². The fourth-order valence-electron chi connectivity index (χ4n) is 2.32. The third-order valence-electron chi connectivity index (χ3n) is 3.45. The molecule has 1 aliphatic rings. The number of aliphatic hydroxyl groups excluding tert-OH is 1. The second kappa shape index (κ2) is 7.35. The lowest BCUT2D eigenvalue weighted by Gasteiger charge is -2.28. The van der Waals surface area contributed by atoms with Crippen molar-refractivity contribution in [3.05, 3.63) is 33.9 Å². The predicted molar refractivity (Wildman–Crippen MR) is 79.6 cm³/mol. The van der Waals surface area contributed by atoms with Gasteiger partial charge in [0.2, 0.25) is 0 Å². The molecule has 7 nitrogen and oxygen atoms in total. The van der Waals surface area contributed by atoms with E-state index >= 15 is 0 Å². The molecule has 0 spiro atoms. The molecule has 0 radical (unpaired) electrons. The van der Waals surface area contributed by atoms with E-state index < -0.39 is 11.0 Å². The highest BCUT2D eigenvalue weighted by Gasteiger charge is 2.17. The van der Waals surface area contributed by atoms with Crippen molar-refractivity contribution in [3.8, 4) is 0 Å². The number of rotatable bonds is 6. The van der Waals surface area contributed by atoms with Crippen LogP contribution in [0.15, 0.2) is 18.2 Å². The van der Waals surface area contributed by atoms with Gasteiger partial charge in [-0.3, -0.25) is 15.0 Å². The number of nitrogens with one attached hydrogen (secondary N) is 1. The van der Waals surface area contributed by atoms with Crippen molar-refractivity contribution in [3.63, 3.8) is 0 Å². The fourth-order valence-corrected chi connectivity index (χ4v) is 2.32. The lowest BCUT2D eigenvalue weighted by Crippen LogP contribution is -2.42. The standard InChI is InChI=1S/C14H21N3O4/c1-11-2-3-13(14(8-11)17(19)20)15-9-12(18)10-16-4-6-21-7-5-16/h2-3,8,12,15,18H,4-7,9-10H2,1H3/t12-/m1/s1. The normalized spacial score (nSPS) is 17.4. The Morgan fingerprint density at radius 1 is 1.48 bits per heavy atom. The van der Waals surface area contributed by atoms with E-state index in [-0.39, 0.29) is 12.2 Å². The minimum absolute atomic E-state index is 0.0357. The number of aliphatic hydroxyl groups is 1. The third kappa shape index (κ3) is 4.66. The van der Waals surface area contributed by atoms with Crippen molar-refractivity contribution >= 4 is 11.4 Å². The van der Waals surface area contributed by atoms with Crippen LogP contribution in [0.4, 0.5) is 11.4 Å². The van der Waals surface area contributed by atoms with Crippen LogP contribution in [0.2, 0.25) is 0 Å². The van der Waals surface area contributed by atoms with Gasteiger partial charge in [0.1, 0.15) is 5.69 Å². The Balaban J connectivity index is 1.88.